The molecule has 1 aromatic rings. The Bertz CT molecular complexity index is 997. The van der Waals surface area contributed by atoms with Gasteiger partial charge in [0.05, 0.1) is 18.6 Å². The topological polar surface area (TPSA) is 136 Å². The van der Waals surface area contributed by atoms with Crippen LogP contribution in [-0.2, 0) is 24.0 Å². The zero-order chi connectivity index (χ0) is 25.8. The lowest BCUT2D eigenvalue weighted by atomic mass is 9.90. The molecule has 1 aromatic carbocycles. The van der Waals surface area contributed by atoms with E-state index >= 15 is 0 Å². The van der Waals surface area contributed by atoms with Gasteiger partial charge in [0.1, 0.15) is 11.6 Å². The summed E-state index contributed by atoms with van der Waals surface area (Å²) in [6.45, 7) is 6.94. The van der Waals surface area contributed by atoms with Gasteiger partial charge in [-0.2, -0.15) is 0 Å². The Morgan fingerprint density at radius 1 is 1.00 bits per heavy atom. The fourth-order valence-corrected chi connectivity index (χ4v) is 4.23. The minimum absolute atomic E-state index is 0.223. The number of hydrogen-bond donors (Lipinski definition) is 4. The van der Waals surface area contributed by atoms with Gasteiger partial charge >= 0.3 is 0 Å². The summed E-state index contributed by atoms with van der Waals surface area (Å²) in [6, 6.07) is 8.11. The number of carbonyl (C=O) groups excluding carboxylic acids is 5. The van der Waals surface area contributed by atoms with E-state index in [1.807, 2.05) is 13.0 Å². The summed E-state index contributed by atoms with van der Waals surface area (Å²) in [5, 5.41) is 10.6. The van der Waals surface area contributed by atoms with E-state index in [1.54, 1.807) is 49.9 Å². The third-order valence-electron chi connectivity index (χ3n) is 6.67. The molecule has 10 nitrogen and oxygen atoms in total. The maximum atomic E-state index is 13.4. The van der Waals surface area contributed by atoms with Crippen LogP contribution in [0.3, 0.4) is 0 Å². The van der Waals surface area contributed by atoms with E-state index in [1.165, 1.54) is 0 Å². The second-order valence-corrected chi connectivity index (χ2v) is 10.1. The number of amides is 5. The molecule has 1 unspecified atom stereocenters. The van der Waals surface area contributed by atoms with Gasteiger partial charge in [0, 0.05) is 12.5 Å². The fraction of sp³-hybridized carbons (Fsp3) is 0.560. The van der Waals surface area contributed by atoms with Gasteiger partial charge in [-0.25, -0.2) is 0 Å². The van der Waals surface area contributed by atoms with Crippen LogP contribution in [0.25, 0.3) is 0 Å². The molecule has 35 heavy (non-hydrogen) atoms. The number of carbonyl (C=O) groups is 5. The molecule has 0 aromatic heterocycles. The second-order valence-electron chi connectivity index (χ2n) is 10.1. The Kier molecular flexibility index (Phi) is 7.82. The first-order chi connectivity index (χ1) is 16.4. The average Bonchev–Trinajstić information content (AvgIpc) is 3.49. The monoisotopic (exact) mass is 485 g/mol. The van der Waals surface area contributed by atoms with Crippen LogP contribution in [0.15, 0.2) is 30.3 Å². The number of nitrogens with zero attached hydrogens (tertiary/aromatic N) is 1. The lowest BCUT2D eigenvalue weighted by molar-refractivity contribution is -0.136. The minimum Gasteiger partial charge on any atom is -0.346 e. The predicted octanol–water partition coefficient (Wildman–Crippen LogP) is 0.392. The lowest BCUT2D eigenvalue weighted by Gasteiger charge is -2.31. The number of benzene rings is 1. The first kappa shape index (κ1) is 26.2. The molecule has 2 heterocycles. The highest BCUT2D eigenvalue weighted by Gasteiger charge is 2.52. The van der Waals surface area contributed by atoms with Crippen LogP contribution in [0.5, 0.6) is 0 Å². The summed E-state index contributed by atoms with van der Waals surface area (Å²) >= 11 is 0. The predicted molar refractivity (Wildman–Crippen MR) is 129 cm³/mol. The van der Waals surface area contributed by atoms with E-state index < -0.39 is 34.8 Å². The van der Waals surface area contributed by atoms with Crippen LogP contribution < -0.4 is 21.3 Å². The fourth-order valence-electron chi connectivity index (χ4n) is 4.23. The van der Waals surface area contributed by atoms with Gasteiger partial charge in [-0.3, -0.25) is 24.0 Å². The molecule has 2 aliphatic heterocycles. The van der Waals surface area contributed by atoms with E-state index in [0.29, 0.717) is 31.4 Å². The number of rotatable bonds is 3. The van der Waals surface area contributed by atoms with Gasteiger partial charge in [-0.05, 0) is 38.7 Å². The van der Waals surface area contributed by atoms with Crippen molar-refractivity contribution in [3.63, 3.8) is 0 Å². The second kappa shape index (κ2) is 10.5. The first-order valence-corrected chi connectivity index (χ1v) is 12.0. The van der Waals surface area contributed by atoms with Gasteiger partial charge < -0.3 is 26.2 Å². The van der Waals surface area contributed by atoms with Gasteiger partial charge in [-0.15, -0.1) is 0 Å². The van der Waals surface area contributed by atoms with Crippen molar-refractivity contribution in [2.75, 3.05) is 19.6 Å². The zero-order valence-corrected chi connectivity index (χ0v) is 20.8. The molecule has 0 bridgehead atoms. The van der Waals surface area contributed by atoms with Crippen molar-refractivity contribution < 1.29 is 24.0 Å². The van der Waals surface area contributed by atoms with Gasteiger partial charge in [0.2, 0.25) is 29.5 Å². The van der Waals surface area contributed by atoms with Crippen molar-refractivity contribution >= 4 is 29.5 Å². The summed E-state index contributed by atoms with van der Waals surface area (Å²) in [5.74, 6) is -2.35. The van der Waals surface area contributed by atoms with E-state index in [9.17, 15) is 24.0 Å². The average molecular weight is 486 g/mol. The normalized spacial score (nSPS) is 28.5. The highest BCUT2D eigenvalue weighted by Crippen LogP contribution is 2.39. The molecule has 4 N–H and O–H groups in total. The highest BCUT2D eigenvalue weighted by atomic mass is 16.2. The van der Waals surface area contributed by atoms with Crippen molar-refractivity contribution in [2.24, 2.45) is 5.92 Å². The molecule has 2 aliphatic rings. The molecule has 0 spiro atoms. The van der Waals surface area contributed by atoms with E-state index in [4.69, 9.17) is 0 Å². The lowest BCUT2D eigenvalue weighted by Crippen LogP contribution is -2.58. The molecule has 0 saturated carbocycles. The third-order valence-corrected chi connectivity index (χ3v) is 6.67. The molecule has 190 valence electrons. The van der Waals surface area contributed by atoms with Crippen molar-refractivity contribution in [1.29, 1.82) is 0 Å². The molecule has 2 saturated heterocycles. The maximum Gasteiger partial charge on any atom is 0.250 e. The Hall–Kier alpha value is -3.43. The molecule has 0 radical (unpaired) electrons. The van der Waals surface area contributed by atoms with Crippen molar-refractivity contribution in [3.05, 3.63) is 35.9 Å². The standard InChI is InChI=1S/C25H35N5O5/c1-16(2)21(33)29-25(4)12-8-11-24(3)15-30(24)22(34)20(17-9-6-5-7-10-17)28-19(32)14-26-18(31)13-27-23(25)35/h5-7,9-10,16,20H,8,11-15H2,1-4H3,(H,26,31)(H,27,35)(H,28,32)(H,29,33)/t20-,24?,25-,30?/m0/s1. The largest absolute Gasteiger partial charge is 0.346 e. The van der Waals surface area contributed by atoms with Crippen LogP contribution in [0.1, 0.15) is 58.6 Å². The molecule has 3 rings (SSSR count). The van der Waals surface area contributed by atoms with Gasteiger partial charge in [-0.1, -0.05) is 44.2 Å². The number of fused-ring (bicyclic) bond motifs is 1. The van der Waals surface area contributed by atoms with Gasteiger partial charge in [0.15, 0.2) is 0 Å². The van der Waals surface area contributed by atoms with Crippen molar-refractivity contribution in [1.82, 2.24) is 26.2 Å². The van der Waals surface area contributed by atoms with Crippen molar-refractivity contribution in [3.8, 4) is 0 Å². The minimum atomic E-state index is -1.22. The molecule has 0 aliphatic carbocycles. The van der Waals surface area contributed by atoms with E-state index in [0.717, 1.165) is 0 Å². The molecule has 2 fully saturated rings. The summed E-state index contributed by atoms with van der Waals surface area (Å²) in [4.78, 5) is 65.3. The summed E-state index contributed by atoms with van der Waals surface area (Å²) < 4.78 is 0. The Labute approximate surface area is 205 Å². The summed E-state index contributed by atoms with van der Waals surface area (Å²) in [6.07, 6.45) is 1.53. The van der Waals surface area contributed by atoms with E-state index in [-0.39, 0.29) is 30.8 Å². The van der Waals surface area contributed by atoms with Crippen LogP contribution in [0.2, 0.25) is 0 Å². The number of hydrogen-bond acceptors (Lipinski definition) is 5. The zero-order valence-electron chi connectivity index (χ0n) is 20.8. The summed E-state index contributed by atoms with van der Waals surface area (Å²) in [7, 11) is 0. The van der Waals surface area contributed by atoms with Crippen LogP contribution in [-0.4, -0.2) is 65.1 Å². The third kappa shape index (κ3) is 6.37. The Morgan fingerprint density at radius 2 is 1.66 bits per heavy atom. The van der Waals surface area contributed by atoms with Gasteiger partial charge in [0.25, 0.3) is 0 Å². The van der Waals surface area contributed by atoms with Crippen molar-refractivity contribution in [2.45, 2.75) is 64.1 Å². The maximum absolute atomic E-state index is 13.4. The summed E-state index contributed by atoms with van der Waals surface area (Å²) in [5.41, 5.74) is -0.966. The smallest absolute Gasteiger partial charge is 0.250 e. The van der Waals surface area contributed by atoms with Crippen LogP contribution >= 0.6 is 0 Å². The molecular formula is C25H35N5O5. The van der Waals surface area contributed by atoms with E-state index in [2.05, 4.69) is 21.3 Å². The molecular weight excluding hydrogens is 450 g/mol. The first-order valence-electron chi connectivity index (χ1n) is 12.0. The SMILES string of the molecule is CC(C)C(=O)N[C@@]1(C)CCCC2(C)CN2C(=O)[C@H](c2ccccc2)NC(=O)CNC(=O)CNC1=O. The molecule has 3 atom stereocenters. The molecule has 5 amide bonds. The molecule has 10 heteroatoms. The number of nitrogens with one attached hydrogen (secondary N) is 4. The van der Waals surface area contributed by atoms with Crippen LogP contribution in [0.4, 0.5) is 0 Å². The Balaban J connectivity index is 1.83. The highest BCUT2D eigenvalue weighted by molar-refractivity contribution is 5.95. The Morgan fingerprint density at radius 3 is 2.31 bits per heavy atom. The quantitative estimate of drug-likeness (QED) is 0.459. The van der Waals surface area contributed by atoms with Crippen LogP contribution in [0, 0.1) is 5.92 Å².